The number of ether oxygens (including phenoxy) is 1. The van der Waals surface area contributed by atoms with Crippen molar-refractivity contribution >= 4 is 0 Å². The van der Waals surface area contributed by atoms with E-state index in [0.29, 0.717) is 25.7 Å². The van der Waals surface area contributed by atoms with E-state index in [-0.39, 0.29) is 0 Å². The SMILES string of the molecule is CC(CCNCC1(O)CCOC1)c1ccccc1. The van der Waals surface area contributed by atoms with Gasteiger partial charge in [0.1, 0.15) is 5.60 Å². The van der Waals surface area contributed by atoms with Gasteiger partial charge in [0.2, 0.25) is 0 Å². The summed E-state index contributed by atoms with van der Waals surface area (Å²) in [6, 6.07) is 10.5. The zero-order valence-corrected chi connectivity index (χ0v) is 11.1. The number of hydrogen-bond acceptors (Lipinski definition) is 3. The Hall–Kier alpha value is -0.900. The minimum Gasteiger partial charge on any atom is -0.386 e. The Balaban J connectivity index is 1.66. The molecule has 3 heteroatoms. The van der Waals surface area contributed by atoms with Crippen LogP contribution in [0.4, 0.5) is 0 Å². The molecule has 1 saturated heterocycles. The zero-order valence-electron chi connectivity index (χ0n) is 11.1. The summed E-state index contributed by atoms with van der Waals surface area (Å²) in [7, 11) is 0. The Kier molecular flexibility index (Phi) is 4.75. The third-order valence-electron chi connectivity index (χ3n) is 3.66. The second-order valence-electron chi connectivity index (χ2n) is 5.30. The third-order valence-corrected chi connectivity index (χ3v) is 3.66. The maximum Gasteiger partial charge on any atom is 0.102 e. The fraction of sp³-hybridized carbons (Fsp3) is 0.600. The van der Waals surface area contributed by atoms with Gasteiger partial charge in [-0.1, -0.05) is 37.3 Å². The van der Waals surface area contributed by atoms with Crippen LogP contribution in [0.1, 0.15) is 31.2 Å². The molecule has 0 aliphatic carbocycles. The van der Waals surface area contributed by atoms with E-state index in [2.05, 4.69) is 36.5 Å². The maximum absolute atomic E-state index is 10.1. The lowest BCUT2D eigenvalue weighted by Gasteiger charge is -2.21. The van der Waals surface area contributed by atoms with Crippen molar-refractivity contribution in [3.63, 3.8) is 0 Å². The lowest BCUT2D eigenvalue weighted by molar-refractivity contribution is 0.0271. The van der Waals surface area contributed by atoms with Crippen LogP contribution in [-0.2, 0) is 4.74 Å². The molecule has 0 amide bonds. The van der Waals surface area contributed by atoms with Crippen molar-refractivity contribution in [2.24, 2.45) is 0 Å². The first kappa shape index (κ1) is 13.5. The molecule has 1 fully saturated rings. The van der Waals surface area contributed by atoms with Gasteiger partial charge in [-0.15, -0.1) is 0 Å². The normalized spacial score (nSPS) is 25.2. The zero-order chi connectivity index (χ0) is 12.8. The quantitative estimate of drug-likeness (QED) is 0.757. The fourth-order valence-electron chi connectivity index (χ4n) is 2.32. The van der Waals surface area contributed by atoms with Crippen molar-refractivity contribution < 1.29 is 9.84 Å². The Morgan fingerprint density at radius 2 is 2.17 bits per heavy atom. The Morgan fingerprint density at radius 3 is 2.83 bits per heavy atom. The number of hydrogen-bond donors (Lipinski definition) is 2. The number of benzene rings is 1. The summed E-state index contributed by atoms with van der Waals surface area (Å²) >= 11 is 0. The standard InChI is InChI=1S/C15H23NO2/c1-13(14-5-3-2-4-6-14)7-9-16-11-15(17)8-10-18-12-15/h2-6,13,16-17H,7-12H2,1H3. The van der Waals surface area contributed by atoms with Crippen LogP contribution in [-0.4, -0.2) is 37.0 Å². The summed E-state index contributed by atoms with van der Waals surface area (Å²) in [6.45, 7) is 4.95. The molecule has 2 N–H and O–H groups in total. The van der Waals surface area contributed by atoms with E-state index in [0.717, 1.165) is 19.4 Å². The minimum atomic E-state index is -0.643. The van der Waals surface area contributed by atoms with Crippen molar-refractivity contribution in [3.8, 4) is 0 Å². The van der Waals surface area contributed by atoms with Gasteiger partial charge < -0.3 is 15.2 Å². The molecule has 2 atom stereocenters. The molecule has 0 saturated carbocycles. The molecule has 2 rings (SSSR count). The van der Waals surface area contributed by atoms with Crippen LogP contribution >= 0.6 is 0 Å². The molecule has 100 valence electrons. The van der Waals surface area contributed by atoms with Gasteiger partial charge in [0.15, 0.2) is 0 Å². The molecular weight excluding hydrogens is 226 g/mol. The van der Waals surface area contributed by atoms with Gasteiger partial charge >= 0.3 is 0 Å². The summed E-state index contributed by atoms with van der Waals surface area (Å²) in [5.41, 5.74) is 0.734. The van der Waals surface area contributed by atoms with Crippen molar-refractivity contribution in [3.05, 3.63) is 35.9 Å². The lowest BCUT2D eigenvalue weighted by atomic mass is 9.97. The van der Waals surface area contributed by atoms with E-state index in [1.807, 2.05) is 6.07 Å². The monoisotopic (exact) mass is 249 g/mol. The second-order valence-corrected chi connectivity index (χ2v) is 5.30. The molecule has 1 aromatic rings. The average molecular weight is 249 g/mol. The molecule has 1 aromatic carbocycles. The van der Waals surface area contributed by atoms with E-state index in [4.69, 9.17) is 4.74 Å². The number of rotatable bonds is 6. The maximum atomic E-state index is 10.1. The van der Waals surface area contributed by atoms with Crippen LogP contribution in [0.5, 0.6) is 0 Å². The van der Waals surface area contributed by atoms with Crippen LogP contribution in [0.3, 0.4) is 0 Å². The summed E-state index contributed by atoms with van der Waals surface area (Å²) in [5, 5.41) is 13.4. The molecular formula is C15H23NO2. The molecule has 18 heavy (non-hydrogen) atoms. The first-order valence-electron chi connectivity index (χ1n) is 6.75. The van der Waals surface area contributed by atoms with Crippen LogP contribution in [0.15, 0.2) is 30.3 Å². The minimum absolute atomic E-state index is 0.467. The molecule has 0 aromatic heterocycles. The Bertz CT molecular complexity index is 347. The van der Waals surface area contributed by atoms with E-state index in [9.17, 15) is 5.11 Å². The van der Waals surface area contributed by atoms with Crippen molar-refractivity contribution in [1.29, 1.82) is 0 Å². The molecule has 2 unspecified atom stereocenters. The van der Waals surface area contributed by atoms with Gasteiger partial charge in [0.05, 0.1) is 6.61 Å². The molecule has 0 spiro atoms. The highest BCUT2D eigenvalue weighted by atomic mass is 16.5. The van der Waals surface area contributed by atoms with Gasteiger partial charge in [0, 0.05) is 19.6 Å². The second kappa shape index (κ2) is 6.32. The van der Waals surface area contributed by atoms with Gasteiger partial charge in [-0.05, 0) is 24.4 Å². The van der Waals surface area contributed by atoms with E-state index in [1.54, 1.807) is 0 Å². The molecule has 0 radical (unpaired) electrons. The smallest absolute Gasteiger partial charge is 0.102 e. The average Bonchev–Trinajstić information content (AvgIpc) is 2.83. The van der Waals surface area contributed by atoms with Crippen molar-refractivity contribution in [2.75, 3.05) is 26.3 Å². The van der Waals surface area contributed by atoms with Crippen LogP contribution in [0.25, 0.3) is 0 Å². The van der Waals surface area contributed by atoms with E-state index >= 15 is 0 Å². The van der Waals surface area contributed by atoms with Crippen molar-refractivity contribution in [1.82, 2.24) is 5.32 Å². The molecule has 0 bridgehead atoms. The first-order chi connectivity index (χ1) is 8.70. The van der Waals surface area contributed by atoms with Crippen LogP contribution in [0, 0.1) is 0 Å². The van der Waals surface area contributed by atoms with Gasteiger partial charge in [-0.2, -0.15) is 0 Å². The van der Waals surface area contributed by atoms with Gasteiger partial charge in [0.25, 0.3) is 0 Å². The van der Waals surface area contributed by atoms with Crippen LogP contribution in [0.2, 0.25) is 0 Å². The first-order valence-corrected chi connectivity index (χ1v) is 6.75. The molecule has 1 aliphatic heterocycles. The largest absolute Gasteiger partial charge is 0.386 e. The summed E-state index contributed by atoms with van der Waals surface area (Å²) in [4.78, 5) is 0. The molecule has 1 aliphatic rings. The number of aliphatic hydroxyl groups is 1. The summed E-state index contributed by atoms with van der Waals surface area (Å²) in [6.07, 6.45) is 1.83. The highest BCUT2D eigenvalue weighted by Gasteiger charge is 2.31. The molecule has 1 heterocycles. The topological polar surface area (TPSA) is 41.5 Å². The third kappa shape index (κ3) is 3.80. The van der Waals surface area contributed by atoms with E-state index < -0.39 is 5.60 Å². The molecule has 3 nitrogen and oxygen atoms in total. The summed E-state index contributed by atoms with van der Waals surface area (Å²) < 4.78 is 5.22. The number of nitrogens with one attached hydrogen (secondary N) is 1. The van der Waals surface area contributed by atoms with Gasteiger partial charge in [-0.25, -0.2) is 0 Å². The lowest BCUT2D eigenvalue weighted by Crippen LogP contribution is -2.41. The highest BCUT2D eigenvalue weighted by Crippen LogP contribution is 2.19. The van der Waals surface area contributed by atoms with Crippen molar-refractivity contribution in [2.45, 2.75) is 31.3 Å². The van der Waals surface area contributed by atoms with Crippen LogP contribution < -0.4 is 5.32 Å². The summed E-state index contributed by atoms with van der Waals surface area (Å²) in [5.74, 6) is 0.549. The fourth-order valence-corrected chi connectivity index (χ4v) is 2.32. The van der Waals surface area contributed by atoms with E-state index in [1.165, 1.54) is 5.56 Å². The highest BCUT2D eigenvalue weighted by molar-refractivity contribution is 5.18. The van der Waals surface area contributed by atoms with Gasteiger partial charge in [-0.3, -0.25) is 0 Å². The Labute approximate surface area is 109 Å². The predicted molar refractivity (Wildman–Crippen MR) is 72.7 cm³/mol. The Morgan fingerprint density at radius 1 is 1.39 bits per heavy atom. The predicted octanol–water partition coefficient (Wildman–Crippen LogP) is 1.92.